The van der Waals surface area contributed by atoms with Gasteiger partial charge in [-0.15, -0.1) is 0 Å². The number of hydrogen-bond donors (Lipinski definition) is 2. The van der Waals surface area contributed by atoms with E-state index in [2.05, 4.69) is 4.98 Å². The van der Waals surface area contributed by atoms with Crippen molar-refractivity contribution in [2.24, 2.45) is 5.73 Å². The zero-order valence-corrected chi connectivity index (χ0v) is 9.97. The van der Waals surface area contributed by atoms with Crippen molar-refractivity contribution in [3.8, 4) is 5.75 Å². The van der Waals surface area contributed by atoms with Gasteiger partial charge in [0.2, 0.25) is 0 Å². The number of nitrogens with one attached hydrogen (secondary N) is 1. The average Bonchev–Trinajstić information content (AvgIpc) is 2.40. The molecule has 0 unspecified atom stereocenters. The normalized spacial score (nSPS) is 10.0. The fraction of sp³-hybridized carbons (Fsp3) is 0.143. The number of nitrogen functional groups attached to an aromatic ring is 1. The van der Waals surface area contributed by atoms with E-state index in [0.29, 0.717) is 12.2 Å². The summed E-state index contributed by atoms with van der Waals surface area (Å²) >= 11 is 0. The Kier molecular flexibility index (Phi) is 3.91. The lowest BCUT2D eigenvalue weighted by atomic mass is 10.2. The van der Waals surface area contributed by atoms with Crippen LogP contribution in [0.3, 0.4) is 0 Å². The third-order valence-electron chi connectivity index (χ3n) is 2.55. The molecule has 2 aromatic rings. The predicted octanol–water partition coefficient (Wildman–Crippen LogP) is 1.99. The number of amidine groups is 1. The van der Waals surface area contributed by atoms with Gasteiger partial charge in [-0.05, 0) is 29.8 Å². The van der Waals surface area contributed by atoms with E-state index in [9.17, 15) is 0 Å². The van der Waals surface area contributed by atoms with Crippen LogP contribution in [0.2, 0.25) is 0 Å². The van der Waals surface area contributed by atoms with Gasteiger partial charge >= 0.3 is 0 Å². The van der Waals surface area contributed by atoms with Crippen LogP contribution in [-0.2, 0) is 6.42 Å². The topological polar surface area (TPSA) is 72.0 Å². The Morgan fingerprint density at radius 3 is 2.72 bits per heavy atom. The number of ether oxygens (including phenoxy) is 1. The molecule has 1 aromatic carbocycles. The molecule has 0 radical (unpaired) electrons. The highest BCUT2D eigenvalue weighted by molar-refractivity contribution is 5.95. The Balaban J connectivity index is 1.90. The van der Waals surface area contributed by atoms with E-state index in [1.807, 2.05) is 24.3 Å². The molecule has 2 rings (SSSR count). The maximum Gasteiger partial charge on any atom is 0.122 e. The van der Waals surface area contributed by atoms with E-state index in [0.717, 1.165) is 12.2 Å². The van der Waals surface area contributed by atoms with Crippen LogP contribution >= 0.6 is 0 Å². The molecule has 3 N–H and O–H groups in total. The molecule has 0 spiro atoms. The van der Waals surface area contributed by atoms with Crippen molar-refractivity contribution in [3.05, 3.63) is 59.9 Å². The zero-order chi connectivity index (χ0) is 12.8. The summed E-state index contributed by atoms with van der Waals surface area (Å²) in [6.07, 6.45) is 4.37. The van der Waals surface area contributed by atoms with Crippen LogP contribution in [-0.4, -0.2) is 17.4 Å². The molecule has 0 fully saturated rings. The van der Waals surface area contributed by atoms with Crippen LogP contribution in [0, 0.1) is 5.41 Å². The van der Waals surface area contributed by atoms with E-state index in [1.54, 1.807) is 24.5 Å². The van der Waals surface area contributed by atoms with Crippen molar-refractivity contribution in [2.45, 2.75) is 6.42 Å². The Morgan fingerprint density at radius 1 is 1.22 bits per heavy atom. The van der Waals surface area contributed by atoms with Gasteiger partial charge in [-0.2, -0.15) is 0 Å². The number of aromatic nitrogens is 1. The molecule has 0 atom stereocenters. The van der Waals surface area contributed by atoms with Crippen LogP contribution in [0.15, 0.2) is 48.8 Å². The summed E-state index contributed by atoms with van der Waals surface area (Å²) in [6.45, 7) is 0.589. The molecule has 1 heterocycles. The number of nitrogens with two attached hydrogens (primary N) is 1. The Hall–Kier alpha value is -2.36. The Morgan fingerprint density at radius 2 is 2.00 bits per heavy atom. The van der Waals surface area contributed by atoms with Gasteiger partial charge in [0.1, 0.15) is 11.6 Å². The first kappa shape index (κ1) is 12.1. The number of nitrogens with zero attached hydrogens (tertiary/aromatic N) is 1. The number of hydrogen-bond acceptors (Lipinski definition) is 3. The predicted molar refractivity (Wildman–Crippen MR) is 70.9 cm³/mol. The minimum Gasteiger partial charge on any atom is -0.493 e. The smallest absolute Gasteiger partial charge is 0.122 e. The standard InChI is InChI=1S/C14H15N3O/c15-14(16)12-2-1-3-13(10-12)18-9-6-11-4-7-17-8-5-11/h1-5,7-8,10H,6,9H2,(H3,15,16). The van der Waals surface area contributed by atoms with Crippen molar-refractivity contribution < 1.29 is 4.74 Å². The molecule has 18 heavy (non-hydrogen) atoms. The molecular formula is C14H15N3O. The van der Waals surface area contributed by atoms with Gasteiger partial charge in [-0.3, -0.25) is 10.4 Å². The van der Waals surface area contributed by atoms with E-state index in [-0.39, 0.29) is 5.84 Å². The second-order valence-corrected chi connectivity index (χ2v) is 3.90. The molecule has 0 aliphatic carbocycles. The molecule has 0 aliphatic heterocycles. The van der Waals surface area contributed by atoms with Crippen LogP contribution in [0.5, 0.6) is 5.75 Å². The van der Waals surface area contributed by atoms with Crippen molar-refractivity contribution in [3.63, 3.8) is 0 Å². The van der Waals surface area contributed by atoms with Gasteiger partial charge in [-0.25, -0.2) is 0 Å². The summed E-state index contributed by atoms with van der Waals surface area (Å²) in [5.74, 6) is 0.784. The second-order valence-electron chi connectivity index (χ2n) is 3.90. The van der Waals surface area contributed by atoms with Gasteiger partial charge < -0.3 is 10.5 Å². The highest BCUT2D eigenvalue weighted by Crippen LogP contribution is 2.13. The SMILES string of the molecule is N=C(N)c1cccc(OCCc2ccncc2)c1. The first-order chi connectivity index (χ1) is 8.75. The molecule has 0 aliphatic rings. The van der Waals surface area contributed by atoms with Gasteiger partial charge in [0.15, 0.2) is 0 Å². The van der Waals surface area contributed by atoms with E-state index in [4.69, 9.17) is 15.9 Å². The third-order valence-corrected chi connectivity index (χ3v) is 2.55. The third kappa shape index (κ3) is 3.31. The molecule has 0 saturated heterocycles. The summed E-state index contributed by atoms with van der Waals surface area (Å²) in [4.78, 5) is 3.96. The van der Waals surface area contributed by atoms with Crippen LogP contribution in [0.1, 0.15) is 11.1 Å². The highest BCUT2D eigenvalue weighted by atomic mass is 16.5. The zero-order valence-electron chi connectivity index (χ0n) is 9.97. The van der Waals surface area contributed by atoms with Gasteiger partial charge in [0.25, 0.3) is 0 Å². The Bertz CT molecular complexity index is 526. The van der Waals surface area contributed by atoms with Crippen molar-refractivity contribution in [2.75, 3.05) is 6.61 Å². The lowest BCUT2D eigenvalue weighted by Gasteiger charge is -2.07. The summed E-state index contributed by atoms with van der Waals surface area (Å²) in [6, 6.07) is 11.2. The Labute approximate surface area is 106 Å². The molecule has 4 nitrogen and oxygen atoms in total. The molecule has 4 heteroatoms. The summed E-state index contributed by atoms with van der Waals surface area (Å²) in [5.41, 5.74) is 7.29. The molecule has 0 amide bonds. The van der Waals surface area contributed by atoms with Crippen LogP contribution in [0.25, 0.3) is 0 Å². The number of pyridine rings is 1. The first-order valence-corrected chi connectivity index (χ1v) is 5.72. The fourth-order valence-corrected chi connectivity index (χ4v) is 1.59. The minimum absolute atomic E-state index is 0.0505. The first-order valence-electron chi connectivity index (χ1n) is 5.72. The highest BCUT2D eigenvalue weighted by Gasteiger charge is 1.99. The fourth-order valence-electron chi connectivity index (χ4n) is 1.59. The summed E-state index contributed by atoms with van der Waals surface area (Å²) < 4.78 is 5.63. The van der Waals surface area contributed by atoms with Gasteiger partial charge in [0, 0.05) is 24.4 Å². The van der Waals surface area contributed by atoms with Gasteiger partial charge in [0.05, 0.1) is 6.61 Å². The summed E-state index contributed by atoms with van der Waals surface area (Å²) in [5, 5.41) is 7.36. The maximum absolute atomic E-state index is 7.36. The molecular weight excluding hydrogens is 226 g/mol. The monoisotopic (exact) mass is 241 g/mol. The molecule has 92 valence electrons. The molecule has 0 saturated carbocycles. The van der Waals surface area contributed by atoms with E-state index < -0.39 is 0 Å². The lowest BCUT2D eigenvalue weighted by Crippen LogP contribution is -2.11. The van der Waals surface area contributed by atoms with Crippen molar-refractivity contribution in [1.29, 1.82) is 5.41 Å². The van der Waals surface area contributed by atoms with Gasteiger partial charge in [-0.1, -0.05) is 12.1 Å². The quantitative estimate of drug-likeness (QED) is 0.621. The largest absolute Gasteiger partial charge is 0.493 e. The lowest BCUT2D eigenvalue weighted by molar-refractivity contribution is 0.322. The van der Waals surface area contributed by atoms with Crippen molar-refractivity contribution in [1.82, 2.24) is 4.98 Å². The molecule has 0 bridgehead atoms. The minimum atomic E-state index is 0.0505. The number of rotatable bonds is 5. The van der Waals surface area contributed by atoms with E-state index in [1.165, 1.54) is 5.56 Å². The average molecular weight is 241 g/mol. The summed E-state index contributed by atoms with van der Waals surface area (Å²) in [7, 11) is 0. The second kappa shape index (κ2) is 5.82. The van der Waals surface area contributed by atoms with E-state index >= 15 is 0 Å². The maximum atomic E-state index is 7.36. The molecule has 1 aromatic heterocycles. The van der Waals surface area contributed by atoms with Crippen molar-refractivity contribution >= 4 is 5.84 Å². The van der Waals surface area contributed by atoms with Crippen LogP contribution < -0.4 is 10.5 Å². The number of benzene rings is 1. The van der Waals surface area contributed by atoms with Crippen LogP contribution in [0.4, 0.5) is 0 Å².